The van der Waals surface area contributed by atoms with Gasteiger partial charge in [0.25, 0.3) is 5.91 Å². The predicted molar refractivity (Wildman–Crippen MR) is 125 cm³/mol. The highest BCUT2D eigenvalue weighted by molar-refractivity contribution is 6.32. The van der Waals surface area contributed by atoms with Gasteiger partial charge in [0, 0.05) is 31.6 Å². The molecule has 0 bridgehead atoms. The zero-order valence-corrected chi connectivity index (χ0v) is 18.7. The number of H-pyrrole nitrogens is 1. The molecule has 0 unspecified atom stereocenters. The van der Waals surface area contributed by atoms with Crippen LogP contribution in [0.25, 0.3) is 11.0 Å². The normalized spacial score (nSPS) is 15.6. The molecule has 1 saturated carbocycles. The lowest BCUT2D eigenvalue weighted by atomic mass is 10.1. The Balaban J connectivity index is 1.49. The number of anilines is 1. The summed E-state index contributed by atoms with van der Waals surface area (Å²) >= 11 is 6.45. The Hall–Kier alpha value is -3.77. The number of rotatable bonds is 5. The number of aromatic amines is 1. The van der Waals surface area contributed by atoms with E-state index in [4.69, 9.17) is 17.3 Å². The van der Waals surface area contributed by atoms with Gasteiger partial charge in [0.1, 0.15) is 17.2 Å². The van der Waals surface area contributed by atoms with E-state index in [1.807, 2.05) is 6.07 Å². The van der Waals surface area contributed by atoms with Crippen LogP contribution < -0.4 is 11.1 Å². The van der Waals surface area contributed by atoms with Crippen molar-refractivity contribution in [3.05, 3.63) is 52.5 Å². The Morgan fingerprint density at radius 3 is 2.73 bits per heavy atom. The lowest BCUT2D eigenvalue weighted by Crippen LogP contribution is -2.50. The van der Waals surface area contributed by atoms with Crippen molar-refractivity contribution in [2.75, 3.05) is 25.5 Å². The minimum absolute atomic E-state index is 0.101. The topological polar surface area (TPSA) is 122 Å². The van der Waals surface area contributed by atoms with Gasteiger partial charge in [-0.2, -0.15) is 5.10 Å². The molecule has 4 N–H and O–H groups in total. The van der Waals surface area contributed by atoms with Gasteiger partial charge in [0.2, 0.25) is 5.91 Å². The number of carbonyl (C=O) groups is 2. The van der Waals surface area contributed by atoms with Crippen LogP contribution in [0.3, 0.4) is 0 Å². The molecule has 5 rings (SSSR count). The summed E-state index contributed by atoms with van der Waals surface area (Å²) in [7, 11) is 1.68. The van der Waals surface area contributed by atoms with Gasteiger partial charge < -0.3 is 20.9 Å². The third kappa shape index (κ3) is 3.72. The molecule has 0 spiro atoms. The number of aromatic nitrogens is 4. The molecule has 3 heterocycles. The van der Waals surface area contributed by atoms with E-state index < -0.39 is 5.91 Å². The summed E-state index contributed by atoms with van der Waals surface area (Å²) in [6, 6.07) is 3.54. The summed E-state index contributed by atoms with van der Waals surface area (Å²) in [6.45, 7) is 4.42. The maximum Gasteiger partial charge on any atom is 0.255 e. The number of primary amides is 1. The van der Waals surface area contributed by atoms with Crippen molar-refractivity contribution in [1.82, 2.24) is 24.6 Å². The molecule has 2 fully saturated rings. The van der Waals surface area contributed by atoms with E-state index in [0.29, 0.717) is 35.4 Å². The van der Waals surface area contributed by atoms with Crippen molar-refractivity contribution in [3.8, 4) is 11.8 Å². The summed E-state index contributed by atoms with van der Waals surface area (Å²) < 4.78 is 1.67. The van der Waals surface area contributed by atoms with Crippen LogP contribution >= 0.6 is 11.6 Å². The van der Waals surface area contributed by atoms with Crippen LogP contribution in [0.2, 0.25) is 5.02 Å². The Morgan fingerprint density at radius 2 is 2.09 bits per heavy atom. The molecule has 0 radical (unpaired) electrons. The van der Waals surface area contributed by atoms with E-state index in [2.05, 4.69) is 38.8 Å². The van der Waals surface area contributed by atoms with Crippen LogP contribution in [-0.4, -0.2) is 56.6 Å². The maximum atomic E-state index is 12.2. The van der Waals surface area contributed by atoms with Crippen molar-refractivity contribution in [2.45, 2.75) is 24.8 Å². The highest BCUT2D eigenvalue weighted by atomic mass is 35.5. The molecule has 1 aromatic carbocycles. The minimum atomic E-state index is -0.641. The van der Waals surface area contributed by atoms with Crippen molar-refractivity contribution in [1.29, 1.82) is 0 Å². The number of hydrogen-bond acceptors (Lipinski definition) is 5. The van der Waals surface area contributed by atoms with E-state index in [1.165, 1.54) is 6.08 Å². The zero-order valence-electron chi connectivity index (χ0n) is 18.0. The third-order valence-electron chi connectivity index (χ3n) is 5.96. The van der Waals surface area contributed by atoms with Crippen molar-refractivity contribution < 1.29 is 9.59 Å². The number of nitrogens with zero attached hydrogens (tertiary/aromatic N) is 4. The third-order valence-corrected chi connectivity index (χ3v) is 6.27. The number of nitrogens with one attached hydrogen (secondary N) is 2. The van der Waals surface area contributed by atoms with Crippen LogP contribution in [0.1, 0.15) is 52.2 Å². The average Bonchev–Trinajstić information content (AvgIpc) is 3.43. The molecule has 1 aliphatic carbocycles. The van der Waals surface area contributed by atoms with Gasteiger partial charge in [-0.1, -0.05) is 24.1 Å². The maximum absolute atomic E-state index is 12.2. The second-order valence-corrected chi connectivity index (χ2v) is 8.63. The Bertz CT molecular complexity index is 1370. The number of likely N-dealkylation sites (tertiary alicyclic amines) is 1. The molecule has 2 aromatic heterocycles. The van der Waals surface area contributed by atoms with Crippen LogP contribution in [0.15, 0.2) is 24.8 Å². The van der Waals surface area contributed by atoms with Gasteiger partial charge in [-0.25, -0.2) is 9.67 Å². The van der Waals surface area contributed by atoms with Gasteiger partial charge in [0.15, 0.2) is 5.69 Å². The standard InChI is InChI=1S/C23H22ClN7O2/c1-3-19(32)30-10-14(11-30)31-23(26-2)20(21(25)33)16(29-31)7-6-13-8-17-18(9-15(13)24)28-22(27-17)12-4-5-12/h3,8-9,12,14,26H,1,4-5,10-11H2,2H3,(H2,25,33)(H,27,28). The summed E-state index contributed by atoms with van der Waals surface area (Å²) in [5, 5.41) is 8.00. The molecule has 10 heteroatoms. The smallest absolute Gasteiger partial charge is 0.255 e. The monoisotopic (exact) mass is 463 g/mol. The molecule has 33 heavy (non-hydrogen) atoms. The highest BCUT2D eigenvalue weighted by Crippen LogP contribution is 2.39. The molecule has 168 valence electrons. The van der Waals surface area contributed by atoms with Gasteiger partial charge in [-0.05, 0) is 37.0 Å². The number of imidazole rings is 1. The van der Waals surface area contributed by atoms with E-state index >= 15 is 0 Å². The van der Waals surface area contributed by atoms with E-state index in [-0.39, 0.29) is 23.2 Å². The largest absolute Gasteiger partial charge is 0.373 e. The lowest BCUT2D eigenvalue weighted by Gasteiger charge is -2.39. The number of fused-ring (bicyclic) bond motifs is 1. The van der Waals surface area contributed by atoms with Gasteiger partial charge in [-0.3, -0.25) is 9.59 Å². The molecule has 2 amide bonds. The quantitative estimate of drug-likeness (QED) is 0.396. The number of hydrogen-bond donors (Lipinski definition) is 3. The van der Waals surface area contributed by atoms with E-state index in [1.54, 1.807) is 22.7 Å². The summed E-state index contributed by atoms with van der Waals surface area (Å²) in [6.07, 6.45) is 3.57. The second-order valence-electron chi connectivity index (χ2n) is 8.23. The summed E-state index contributed by atoms with van der Waals surface area (Å²) in [5.41, 5.74) is 8.37. The second kappa shape index (κ2) is 7.98. The highest BCUT2D eigenvalue weighted by Gasteiger charge is 2.35. The molecular formula is C23H22ClN7O2. The van der Waals surface area contributed by atoms with Crippen molar-refractivity contribution in [3.63, 3.8) is 0 Å². The number of halogens is 1. The predicted octanol–water partition coefficient (Wildman–Crippen LogP) is 2.40. The molecule has 0 atom stereocenters. The Labute approximate surface area is 195 Å². The van der Waals surface area contributed by atoms with E-state index in [9.17, 15) is 9.59 Å². The fraction of sp³-hybridized carbons (Fsp3) is 0.304. The van der Waals surface area contributed by atoms with Gasteiger partial charge in [-0.15, -0.1) is 0 Å². The first-order chi connectivity index (χ1) is 15.9. The van der Waals surface area contributed by atoms with Crippen molar-refractivity contribution >= 4 is 40.3 Å². The fourth-order valence-corrected chi connectivity index (χ4v) is 4.21. The fourth-order valence-electron chi connectivity index (χ4n) is 4.00. The number of carbonyl (C=O) groups excluding carboxylic acids is 2. The molecule has 9 nitrogen and oxygen atoms in total. The molecular weight excluding hydrogens is 442 g/mol. The first-order valence-electron chi connectivity index (χ1n) is 10.6. The first kappa shape index (κ1) is 21.1. The number of amides is 2. The van der Waals surface area contributed by atoms with E-state index in [0.717, 1.165) is 29.7 Å². The molecule has 3 aromatic rings. The van der Waals surface area contributed by atoms with Crippen LogP contribution in [-0.2, 0) is 4.79 Å². The van der Waals surface area contributed by atoms with Crippen molar-refractivity contribution in [2.24, 2.45) is 5.73 Å². The van der Waals surface area contributed by atoms with Crippen LogP contribution in [0.4, 0.5) is 5.82 Å². The van der Waals surface area contributed by atoms with Gasteiger partial charge in [0.05, 0.1) is 22.1 Å². The summed E-state index contributed by atoms with van der Waals surface area (Å²) in [4.78, 5) is 33.6. The SMILES string of the molecule is C=CC(=O)N1CC(n2nc(C#Cc3cc4[nH]c(C5CC5)nc4cc3Cl)c(C(N)=O)c2NC)C1. The lowest BCUT2D eigenvalue weighted by molar-refractivity contribution is -0.131. The zero-order chi connectivity index (χ0) is 23.3. The first-order valence-corrected chi connectivity index (χ1v) is 11.0. The number of nitrogens with two attached hydrogens (primary N) is 1. The Kier molecular flexibility index (Phi) is 5.10. The summed E-state index contributed by atoms with van der Waals surface area (Å²) in [5.74, 6) is 7.14. The number of benzene rings is 1. The molecule has 1 aliphatic heterocycles. The minimum Gasteiger partial charge on any atom is -0.373 e. The van der Waals surface area contributed by atoms with Gasteiger partial charge >= 0.3 is 0 Å². The average molecular weight is 464 g/mol. The van der Waals surface area contributed by atoms with Crippen LogP contribution in [0.5, 0.6) is 0 Å². The molecule has 2 aliphatic rings. The Morgan fingerprint density at radius 1 is 1.33 bits per heavy atom. The molecule has 1 saturated heterocycles. The van der Waals surface area contributed by atoms with Crippen LogP contribution in [0, 0.1) is 11.8 Å².